The molecule has 3 heteroatoms. The van der Waals surface area contributed by atoms with Crippen LogP contribution >= 0.6 is 22.6 Å². The summed E-state index contributed by atoms with van der Waals surface area (Å²) in [4.78, 5) is 11.4. The first-order chi connectivity index (χ1) is 6.22. The smallest absolute Gasteiger partial charge is 0.163 e. The third kappa shape index (κ3) is 1.45. The molecular formula is C10H9IO2. The highest BCUT2D eigenvalue weighted by Crippen LogP contribution is 2.30. The van der Waals surface area contributed by atoms with Gasteiger partial charge in [0.1, 0.15) is 5.75 Å². The minimum absolute atomic E-state index is 0.260. The minimum atomic E-state index is 0.260. The maximum absolute atomic E-state index is 11.4. The van der Waals surface area contributed by atoms with Gasteiger partial charge in [0.25, 0.3) is 0 Å². The molecule has 13 heavy (non-hydrogen) atoms. The fourth-order valence-corrected chi connectivity index (χ4v) is 2.29. The van der Waals surface area contributed by atoms with Crippen molar-refractivity contribution in [1.29, 1.82) is 0 Å². The second-order valence-corrected chi connectivity index (χ2v) is 4.23. The maximum Gasteiger partial charge on any atom is 0.163 e. The van der Waals surface area contributed by atoms with Gasteiger partial charge >= 0.3 is 0 Å². The van der Waals surface area contributed by atoms with Crippen LogP contribution in [0.3, 0.4) is 0 Å². The number of aryl methyl sites for hydroxylation is 1. The first-order valence-corrected chi connectivity index (χ1v) is 5.20. The van der Waals surface area contributed by atoms with Crippen LogP contribution in [0, 0.1) is 3.57 Å². The van der Waals surface area contributed by atoms with E-state index in [2.05, 4.69) is 22.6 Å². The van der Waals surface area contributed by atoms with Crippen LogP contribution in [-0.4, -0.2) is 12.9 Å². The van der Waals surface area contributed by atoms with Crippen LogP contribution in [0.4, 0.5) is 0 Å². The van der Waals surface area contributed by atoms with Crippen molar-refractivity contribution in [3.8, 4) is 5.75 Å². The number of ketones is 1. The largest absolute Gasteiger partial charge is 0.496 e. The average Bonchev–Trinajstić information content (AvgIpc) is 2.47. The number of methoxy groups -OCH3 is 1. The third-order valence-corrected chi connectivity index (χ3v) is 3.14. The molecule has 0 aromatic heterocycles. The second kappa shape index (κ2) is 3.29. The van der Waals surface area contributed by atoms with Crippen LogP contribution in [0.5, 0.6) is 5.75 Å². The highest BCUT2D eigenvalue weighted by atomic mass is 127. The van der Waals surface area contributed by atoms with E-state index >= 15 is 0 Å². The van der Waals surface area contributed by atoms with Crippen molar-refractivity contribution < 1.29 is 9.53 Å². The van der Waals surface area contributed by atoms with E-state index in [-0.39, 0.29) is 5.78 Å². The molecule has 1 aromatic rings. The van der Waals surface area contributed by atoms with Crippen LogP contribution in [0.2, 0.25) is 0 Å². The molecule has 1 aliphatic carbocycles. The molecule has 1 aliphatic rings. The Hall–Kier alpha value is -0.580. The van der Waals surface area contributed by atoms with Crippen molar-refractivity contribution in [2.24, 2.45) is 0 Å². The zero-order chi connectivity index (χ0) is 9.42. The first kappa shape index (κ1) is 8.99. The summed E-state index contributed by atoms with van der Waals surface area (Å²) in [6.07, 6.45) is 1.51. The Morgan fingerprint density at radius 1 is 1.38 bits per heavy atom. The number of ether oxygens (including phenoxy) is 1. The van der Waals surface area contributed by atoms with Crippen LogP contribution in [-0.2, 0) is 6.42 Å². The van der Waals surface area contributed by atoms with Crippen LogP contribution in [0.25, 0.3) is 0 Å². The van der Waals surface area contributed by atoms with Crippen molar-refractivity contribution in [2.75, 3.05) is 7.11 Å². The number of fused-ring (bicyclic) bond motifs is 1. The maximum atomic E-state index is 11.4. The number of benzene rings is 1. The number of halogens is 1. The van der Waals surface area contributed by atoms with Gasteiger partial charge in [-0.1, -0.05) is 0 Å². The SMILES string of the molecule is COc1cc2c(cc1I)C(=O)CC2. The number of carbonyl (C=O) groups is 1. The number of Topliss-reactive ketones (excluding diaryl/α,β-unsaturated/α-hetero) is 1. The van der Waals surface area contributed by atoms with Gasteiger partial charge in [-0.25, -0.2) is 0 Å². The van der Waals surface area contributed by atoms with Crippen LogP contribution < -0.4 is 4.74 Å². The van der Waals surface area contributed by atoms with E-state index in [1.165, 1.54) is 0 Å². The molecule has 0 atom stereocenters. The number of hydrogen-bond donors (Lipinski definition) is 0. The monoisotopic (exact) mass is 288 g/mol. The van der Waals surface area contributed by atoms with E-state index in [1.807, 2.05) is 12.1 Å². The molecule has 2 nitrogen and oxygen atoms in total. The highest BCUT2D eigenvalue weighted by Gasteiger charge is 2.21. The fraction of sp³-hybridized carbons (Fsp3) is 0.300. The normalized spacial score (nSPS) is 14.5. The molecule has 2 rings (SSSR count). The predicted molar refractivity (Wildman–Crippen MR) is 58.4 cm³/mol. The van der Waals surface area contributed by atoms with Gasteiger partial charge < -0.3 is 4.74 Å². The van der Waals surface area contributed by atoms with E-state index in [4.69, 9.17) is 4.74 Å². The van der Waals surface area contributed by atoms with E-state index in [0.29, 0.717) is 6.42 Å². The van der Waals surface area contributed by atoms with Gasteiger partial charge in [-0.05, 0) is 46.7 Å². The third-order valence-electron chi connectivity index (χ3n) is 2.30. The Labute approximate surface area is 90.4 Å². The van der Waals surface area contributed by atoms with E-state index < -0.39 is 0 Å². The Kier molecular flexibility index (Phi) is 2.27. The molecular weight excluding hydrogens is 279 g/mol. The summed E-state index contributed by atoms with van der Waals surface area (Å²) >= 11 is 2.19. The number of carbonyl (C=O) groups excluding carboxylic acids is 1. The lowest BCUT2D eigenvalue weighted by molar-refractivity contribution is 0.0994. The molecule has 0 fully saturated rings. The lowest BCUT2D eigenvalue weighted by Crippen LogP contribution is -1.94. The Balaban J connectivity index is 2.56. The molecule has 68 valence electrons. The van der Waals surface area contributed by atoms with Gasteiger partial charge in [-0.2, -0.15) is 0 Å². The lowest BCUT2D eigenvalue weighted by Gasteiger charge is -2.05. The predicted octanol–water partition coefficient (Wildman–Crippen LogP) is 2.43. The average molecular weight is 288 g/mol. The molecule has 0 aliphatic heterocycles. The van der Waals surface area contributed by atoms with Crippen LogP contribution in [0.1, 0.15) is 22.3 Å². The molecule has 0 heterocycles. The zero-order valence-corrected chi connectivity index (χ0v) is 9.42. The summed E-state index contributed by atoms with van der Waals surface area (Å²) < 4.78 is 6.20. The quantitative estimate of drug-likeness (QED) is 0.742. The molecule has 0 bridgehead atoms. The molecule has 0 radical (unpaired) electrons. The second-order valence-electron chi connectivity index (χ2n) is 3.07. The van der Waals surface area contributed by atoms with Gasteiger partial charge in [-0.15, -0.1) is 0 Å². The number of rotatable bonds is 1. The van der Waals surface area contributed by atoms with Gasteiger partial charge in [-0.3, -0.25) is 4.79 Å². The Morgan fingerprint density at radius 2 is 2.15 bits per heavy atom. The van der Waals surface area contributed by atoms with Crippen molar-refractivity contribution in [3.63, 3.8) is 0 Å². The van der Waals surface area contributed by atoms with Crippen molar-refractivity contribution >= 4 is 28.4 Å². The van der Waals surface area contributed by atoms with Crippen molar-refractivity contribution in [2.45, 2.75) is 12.8 Å². The number of hydrogen-bond acceptors (Lipinski definition) is 2. The molecule has 0 amide bonds. The minimum Gasteiger partial charge on any atom is -0.496 e. The van der Waals surface area contributed by atoms with Gasteiger partial charge in [0.2, 0.25) is 0 Å². The van der Waals surface area contributed by atoms with E-state index in [1.54, 1.807) is 7.11 Å². The summed E-state index contributed by atoms with van der Waals surface area (Å²) in [7, 11) is 1.65. The zero-order valence-electron chi connectivity index (χ0n) is 7.26. The van der Waals surface area contributed by atoms with Gasteiger partial charge in [0, 0.05) is 12.0 Å². The summed E-state index contributed by atoms with van der Waals surface area (Å²) in [5.41, 5.74) is 2.01. The first-order valence-electron chi connectivity index (χ1n) is 4.12. The molecule has 0 unspecified atom stereocenters. The fourth-order valence-electron chi connectivity index (χ4n) is 1.60. The van der Waals surface area contributed by atoms with Crippen molar-refractivity contribution in [3.05, 3.63) is 26.8 Å². The van der Waals surface area contributed by atoms with Crippen LogP contribution in [0.15, 0.2) is 12.1 Å². The van der Waals surface area contributed by atoms with E-state index in [9.17, 15) is 4.79 Å². The molecule has 0 saturated carbocycles. The summed E-state index contributed by atoms with van der Waals surface area (Å²) in [6.45, 7) is 0. The van der Waals surface area contributed by atoms with Crippen molar-refractivity contribution in [1.82, 2.24) is 0 Å². The summed E-state index contributed by atoms with van der Waals surface area (Å²) in [5, 5.41) is 0. The molecule has 0 spiro atoms. The lowest BCUT2D eigenvalue weighted by atomic mass is 10.1. The van der Waals surface area contributed by atoms with E-state index in [0.717, 1.165) is 26.9 Å². The highest BCUT2D eigenvalue weighted by molar-refractivity contribution is 14.1. The van der Waals surface area contributed by atoms with Gasteiger partial charge in [0.15, 0.2) is 5.78 Å². The molecule has 0 N–H and O–H groups in total. The summed E-state index contributed by atoms with van der Waals surface area (Å²) in [5.74, 6) is 1.13. The standard InChI is InChI=1S/C10H9IO2/c1-13-10-4-6-2-3-9(12)7(6)5-8(10)11/h4-5H,2-3H2,1H3. The molecule has 0 saturated heterocycles. The topological polar surface area (TPSA) is 26.3 Å². The van der Waals surface area contributed by atoms with Gasteiger partial charge in [0.05, 0.1) is 10.7 Å². The summed E-state index contributed by atoms with van der Waals surface area (Å²) in [6, 6.07) is 3.89. The Bertz CT molecular complexity index is 371. The molecule has 1 aromatic carbocycles. The Morgan fingerprint density at radius 3 is 2.85 bits per heavy atom.